The Morgan fingerprint density at radius 1 is 1.06 bits per heavy atom. The van der Waals surface area contributed by atoms with Crippen LogP contribution in [0, 0.1) is 13.8 Å². The van der Waals surface area contributed by atoms with E-state index in [0.29, 0.717) is 17.1 Å². The summed E-state index contributed by atoms with van der Waals surface area (Å²) < 4.78 is 11.3. The van der Waals surface area contributed by atoms with Crippen LogP contribution < -0.4 is 9.47 Å². The first-order valence-electron chi connectivity index (χ1n) is 11.9. The van der Waals surface area contributed by atoms with Crippen LogP contribution in [-0.2, 0) is 9.59 Å². The minimum absolute atomic E-state index is 0.0283. The molecule has 1 amide bonds. The normalized spacial score (nSPS) is 20.4. The van der Waals surface area contributed by atoms with E-state index in [2.05, 4.69) is 0 Å². The Bertz CT molecular complexity index is 1130. The Balaban J connectivity index is 1.89. The van der Waals surface area contributed by atoms with E-state index >= 15 is 0 Å². The van der Waals surface area contributed by atoms with E-state index in [1.165, 1.54) is 7.11 Å². The summed E-state index contributed by atoms with van der Waals surface area (Å²) in [5, 5.41) is 11.5. The van der Waals surface area contributed by atoms with Crippen LogP contribution in [0.3, 0.4) is 0 Å². The van der Waals surface area contributed by atoms with Gasteiger partial charge < -0.3 is 19.5 Å². The number of rotatable bonds is 6. The third-order valence-corrected chi connectivity index (χ3v) is 6.64. The summed E-state index contributed by atoms with van der Waals surface area (Å²) in [5.41, 5.74) is 3.08. The predicted molar refractivity (Wildman–Crippen MR) is 131 cm³/mol. The highest BCUT2D eigenvalue weighted by atomic mass is 16.5. The summed E-state index contributed by atoms with van der Waals surface area (Å²) in [7, 11) is 1.54. The highest BCUT2D eigenvalue weighted by Gasteiger charge is 2.49. The first kappa shape index (κ1) is 23.9. The monoisotopic (exact) mass is 463 g/mol. The van der Waals surface area contributed by atoms with Crippen LogP contribution in [0.2, 0.25) is 0 Å². The zero-order valence-electron chi connectivity index (χ0n) is 20.6. The number of aliphatic hydroxyl groups is 1. The highest BCUT2D eigenvalue weighted by molar-refractivity contribution is 6.46. The molecule has 6 heteroatoms. The molecule has 1 aliphatic carbocycles. The fourth-order valence-electron chi connectivity index (χ4n) is 5.28. The number of amides is 1. The molecular formula is C28H33NO5. The van der Waals surface area contributed by atoms with Gasteiger partial charge in [-0.15, -0.1) is 0 Å². The number of aliphatic hydroxyl groups excluding tert-OH is 1. The lowest BCUT2D eigenvalue weighted by molar-refractivity contribution is -0.141. The largest absolute Gasteiger partial charge is 0.507 e. The number of ketones is 1. The van der Waals surface area contributed by atoms with Gasteiger partial charge >= 0.3 is 0 Å². The maximum atomic E-state index is 13.4. The van der Waals surface area contributed by atoms with E-state index in [1.807, 2.05) is 58.0 Å². The SMILES string of the molecule is COc1c(C)cc(C)cc1/C(O)=C1\C(=O)C(=O)N(C2CCCC2)C1c1ccc(OC(C)C)cc1. The van der Waals surface area contributed by atoms with Crippen LogP contribution in [0.15, 0.2) is 42.0 Å². The van der Waals surface area contributed by atoms with Crippen LogP contribution in [0.5, 0.6) is 11.5 Å². The van der Waals surface area contributed by atoms with Crippen molar-refractivity contribution < 1.29 is 24.2 Å². The predicted octanol–water partition coefficient (Wildman–Crippen LogP) is 5.46. The molecule has 0 radical (unpaired) electrons. The Morgan fingerprint density at radius 2 is 1.71 bits per heavy atom. The molecular weight excluding hydrogens is 430 g/mol. The molecule has 2 aromatic rings. The van der Waals surface area contributed by atoms with Crippen LogP contribution >= 0.6 is 0 Å². The number of carbonyl (C=O) groups excluding carboxylic acids is 2. The van der Waals surface area contributed by atoms with Crippen molar-refractivity contribution in [1.82, 2.24) is 4.90 Å². The number of ether oxygens (including phenoxy) is 2. The van der Waals surface area contributed by atoms with Crippen molar-refractivity contribution >= 4 is 17.4 Å². The van der Waals surface area contributed by atoms with Crippen molar-refractivity contribution in [3.63, 3.8) is 0 Å². The molecule has 2 aromatic carbocycles. The fraction of sp³-hybridized carbons (Fsp3) is 0.429. The molecule has 180 valence electrons. The van der Waals surface area contributed by atoms with Crippen molar-refractivity contribution in [3.05, 3.63) is 64.2 Å². The first-order chi connectivity index (χ1) is 16.2. The van der Waals surface area contributed by atoms with Crippen molar-refractivity contribution in [2.24, 2.45) is 0 Å². The molecule has 2 aliphatic rings. The van der Waals surface area contributed by atoms with Gasteiger partial charge in [0.25, 0.3) is 11.7 Å². The molecule has 1 saturated heterocycles. The van der Waals surface area contributed by atoms with E-state index in [4.69, 9.17) is 9.47 Å². The molecule has 2 fully saturated rings. The van der Waals surface area contributed by atoms with Gasteiger partial charge in [0.2, 0.25) is 0 Å². The molecule has 4 rings (SSSR count). The molecule has 6 nitrogen and oxygen atoms in total. The smallest absolute Gasteiger partial charge is 0.295 e. The van der Waals surface area contributed by atoms with Crippen LogP contribution in [0.1, 0.15) is 67.8 Å². The van der Waals surface area contributed by atoms with Gasteiger partial charge in [0.05, 0.1) is 30.4 Å². The van der Waals surface area contributed by atoms with E-state index < -0.39 is 17.7 Å². The second-order valence-electron chi connectivity index (χ2n) is 9.54. The second-order valence-corrected chi connectivity index (χ2v) is 9.54. The van der Waals surface area contributed by atoms with E-state index in [9.17, 15) is 14.7 Å². The summed E-state index contributed by atoms with van der Waals surface area (Å²) in [6.45, 7) is 7.73. The Labute approximate surface area is 201 Å². The summed E-state index contributed by atoms with van der Waals surface area (Å²) in [6, 6.07) is 10.5. The molecule has 0 bridgehead atoms. The summed E-state index contributed by atoms with van der Waals surface area (Å²) in [6.07, 6.45) is 3.78. The molecule has 1 atom stereocenters. The number of Topliss-reactive ketones (excluding diaryl/α,β-unsaturated/α-hetero) is 1. The summed E-state index contributed by atoms with van der Waals surface area (Å²) >= 11 is 0. The topological polar surface area (TPSA) is 76.1 Å². The Morgan fingerprint density at radius 3 is 2.29 bits per heavy atom. The molecule has 1 saturated carbocycles. The molecule has 34 heavy (non-hydrogen) atoms. The summed E-state index contributed by atoms with van der Waals surface area (Å²) in [5.74, 6) is -0.195. The zero-order chi connectivity index (χ0) is 24.6. The summed E-state index contributed by atoms with van der Waals surface area (Å²) in [4.78, 5) is 28.4. The fourth-order valence-corrected chi connectivity index (χ4v) is 5.28. The number of aryl methyl sites for hydroxylation is 2. The zero-order valence-corrected chi connectivity index (χ0v) is 20.6. The molecule has 1 N–H and O–H groups in total. The van der Waals surface area contributed by atoms with E-state index in [0.717, 1.165) is 42.4 Å². The van der Waals surface area contributed by atoms with Crippen molar-refractivity contribution in [3.8, 4) is 11.5 Å². The number of hydrogen-bond donors (Lipinski definition) is 1. The molecule has 1 unspecified atom stereocenters. The van der Waals surface area contributed by atoms with Crippen molar-refractivity contribution in [2.75, 3.05) is 7.11 Å². The van der Waals surface area contributed by atoms with Gasteiger partial charge in [-0.05, 0) is 75.4 Å². The van der Waals surface area contributed by atoms with Gasteiger partial charge in [-0.25, -0.2) is 0 Å². The number of benzene rings is 2. The lowest BCUT2D eigenvalue weighted by atomic mass is 9.93. The average molecular weight is 464 g/mol. The number of likely N-dealkylation sites (tertiary alicyclic amines) is 1. The Kier molecular flexibility index (Phi) is 6.69. The maximum absolute atomic E-state index is 13.4. The van der Waals surface area contributed by atoms with Gasteiger partial charge in [-0.2, -0.15) is 0 Å². The number of carbonyl (C=O) groups is 2. The molecule has 1 aliphatic heterocycles. The van der Waals surface area contributed by atoms with Crippen LogP contribution in [0.25, 0.3) is 5.76 Å². The lowest BCUT2D eigenvalue weighted by Gasteiger charge is -2.31. The molecule has 0 aromatic heterocycles. The van der Waals surface area contributed by atoms with E-state index in [1.54, 1.807) is 11.0 Å². The minimum atomic E-state index is -0.665. The number of methoxy groups -OCH3 is 1. The lowest BCUT2D eigenvalue weighted by Crippen LogP contribution is -2.37. The maximum Gasteiger partial charge on any atom is 0.295 e. The highest BCUT2D eigenvalue weighted by Crippen LogP contribution is 2.45. The van der Waals surface area contributed by atoms with Crippen LogP contribution in [0.4, 0.5) is 0 Å². The average Bonchev–Trinajstić information content (AvgIpc) is 3.40. The van der Waals surface area contributed by atoms with Gasteiger partial charge in [-0.3, -0.25) is 9.59 Å². The quantitative estimate of drug-likeness (QED) is 0.350. The van der Waals surface area contributed by atoms with Gasteiger partial charge in [-0.1, -0.05) is 31.0 Å². The van der Waals surface area contributed by atoms with Gasteiger partial charge in [0, 0.05) is 6.04 Å². The van der Waals surface area contributed by atoms with Gasteiger partial charge in [0.15, 0.2) is 0 Å². The third-order valence-electron chi connectivity index (χ3n) is 6.64. The first-order valence-corrected chi connectivity index (χ1v) is 11.9. The Hall–Kier alpha value is -3.28. The molecule has 0 spiro atoms. The minimum Gasteiger partial charge on any atom is -0.507 e. The number of hydrogen-bond acceptors (Lipinski definition) is 5. The van der Waals surface area contributed by atoms with Crippen molar-refractivity contribution in [2.45, 2.75) is 71.6 Å². The van der Waals surface area contributed by atoms with E-state index in [-0.39, 0.29) is 23.5 Å². The number of nitrogens with zero attached hydrogens (tertiary/aromatic N) is 1. The second kappa shape index (κ2) is 9.53. The van der Waals surface area contributed by atoms with Gasteiger partial charge in [0.1, 0.15) is 17.3 Å². The van der Waals surface area contributed by atoms with Crippen LogP contribution in [-0.4, -0.2) is 41.0 Å². The van der Waals surface area contributed by atoms with Crippen molar-refractivity contribution in [1.29, 1.82) is 0 Å². The molecule has 1 heterocycles. The third kappa shape index (κ3) is 4.29. The standard InChI is InChI=1S/C28H33NO5/c1-16(2)34-21-12-10-19(11-13-21)24-23(26(31)28(32)29(24)20-8-6-7-9-20)25(30)22-15-17(3)14-18(4)27(22)33-5/h10-16,20,24,30H,6-9H2,1-5H3/b25-23+.